The molecule has 3 aromatic heterocycles. The SMILES string of the molecule is O=c1[nH]c(Cn2cc(Br)cn2)nc2cnccc12. The highest BCUT2D eigenvalue weighted by molar-refractivity contribution is 9.10. The second kappa shape index (κ2) is 4.34. The van der Waals surface area contributed by atoms with E-state index in [-0.39, 0.29) is 5.56 Å². The zero-order valence-corrected chi connectivity index (χ0v) is 10.8. The predicted molar refractivity (Wildman–Crippen MR) is 69.2 cm³/mol. The summed E-state index contributed by atoms with van der Waals surface area (Å²) in [5.74, 6) is 0.552. The zero-order chi connectivity index (χ0) is 12.5. The number of aromatic amines is 1. The first kappa shape index (κ1) is 11.1. The summed E-state index contributed by atoms with van der Waals surface area (Å²) in [6.07, 6.45) is 6.64. The van der Waals surface area contributed by atoms with Crippen molar-refractivity contribution >= 4 is 26.8 Å². The maximum atomic E-state index is 11.8. The Morgan fingerprint density at radius 2 is 2.28 bits per heavy atom. The van der Waals surface area contributed by atoms with Crippen LogP contribution in [-0.2, 0) is 6.54 Å². The van der Waals surface area contributed by atoms with Crippen LogP contribution in [0.25, 0.3) is 10.9 Å². The van der Waals surface area contributed by atoms with Gasteiger partial charge in [0.05, 0.1) is 34.3 Å². The van der Waals surface area contributed by atoms with Gasteiger partial charge in [0.1, 0.15) is 5.82 Å². The summed E-state index contributed by atoms with van der Waals surface area (Å²) in [5.41, 5.74) is 0.422. The van der Waals surface area contributed by atoms with E-state index in [1.807, 2.05) is 6.20 Å². The van der Waals surface area contributed by atoms with Crippen molar-refractivity contribution in [3.63, 3.8) is 0 Å². The van der Waals surface area contributed by atoms with Crippen LogP contribution in [0.2, 0.25) is 0 Å². The van der Waals surface area contributed by atoms with Crippen LogP contribution >= 0.6 is 15.9 Å². The summed E-state index contributed by atoms with van der Waals surface area (Å²) >= 11 is 3.31. The third kappa shape index (κ3) is 2.04. The fraction of sp³-hybridized carbons (Fsp3) is 0.0909. The van der Waals surface area contributed by atoms with Gasteiger partial charge in [-0.15, -0.1) is 0 Å². The number of aromatic nitrogens is 5. The number of nitrogens with one attached hydrogen (secondary N) is 1. The Labute approximate surface area is 110 Å². The molecule has 0 atom stereocenters. The standard InChI is InChI=1S/C11H8BrN5O/c12-7-3-14-17(5-7)6-10-15-9-4-13-2-1-8(9)11(18)16-10/h1-5H,6H2,(H,15,16,18). The van der Waals surface area contributed by atoms with Crippen LogP contribution in [0.4, 0.5) is 0 Å². The smallest absolute Gasteiger partial charge is 0.258 e. The lowest BCUT2D eigenvalue weighted by Crippen LogP contribution is -2.14. The quantitative estimate of drug-likeness (QED) is 0.775. The Morgan fingerprint density at radius 1 is 1.39 bits per heavy atom. The molecule has 3 heterocycles. The first-order valence-corrected chi connectivity index (χ1v) is 6.02. The number of pyridine rings is 1. The maximum Gasteiger partial charge on any atom is 0.258 e. The average Bonchev–Trinajstić information content (AvgIpc) is 2.75. The number of fused-ring (bicyclic) bond motifs is 1. The molecule has 0 aliphatic heterocycles. The summed E-state index contributed by atoms with van der Waals surface area (Å²) < 4.78 is 2.57. The van der Waals surface area contributed by atoms with E-state index in [0.717, 1.165) is 4.47 Å². The van der Waals surface area contributed by atoms with Gasteiger partial charge in [-0.2, -0.15) is 5.10 Å². The van der Waals surface area contributed by atoms with Crippen molar-refractivity contribution in [1.82, 2.24) is 24.7 Å². The molecule has 3 rings (SSSR count). The van der Waals surface area contributed by atoms with Crippen molar-refractivity contribution < 1.29 is 0 Å². The molecule has 0 saturated carbocycles. The van der Waals surface area contributed by atoms with E-state index in [9.17, 15) is 4.79 Å². The third-order valence-corrected chi connectivity index (χ3v) is 2.88. The van der Waals surface area contributed by atoms with Crippen molar-refractivity contribution in [2.24, 2.45) is 0 Å². The molecule has 0 amide bonds. The number of rotatable bonds is 2. The summed E-state index contributed by atoms with van der Waals surface area (Å²) in [7, 11) is 0. The summed E-state index contributed by atoms with van der Waals surface area (Å²) in [6, 6.07) is 1.65. The highest BCUT2D eigenvalue weighted by Crippen LogP contribution is 2.08. The van der Waals surface area contributed by atoms with Crippen LogP contribution in [0.1, 0.15) is 5.82 Å². The molecule has 0 aromatic carbocycles. The third-order valence-electron chi connectivity index (χ3n) is 2.47. The molecular formula is C11H8BrN5O. The maximum absolute atomic E-state index is 11.8. The molecule has 0 spiro atoms. The molecular weight excluding hydrogens is 298 g/mol. The predicted octanol–water partition coefficient (Wildman–Crippen LogP) is 1.33. The summed E-state index contributed by atoms with van der Waals surface area (Å²) in [4.78, 5) is 22.9. The zero-order valence-electron chi connectivity index (χ0n) is 9.17. The molecule has 3 aromatic rings. The fourth-order valence-corrected chi connectivity index (χ4v) is 2.02. The molecule has 0 fully saturated rings. The molecule has 0 bridgehead atoms. The Kier molecular flexibility index (Phi) is 2.67. The van der Waals surface area contributed by atoms with E-state index in [2.05, 4.69) is 36.0 Å². The topological polar surface area (TPSA) is 76.5 Å². The van der Waals surface area contributed by atoms with Gasteiger partial charge in [-0.05, 0) is 22.0 Å². The molecule has 0 aliphatic carbocycles. The molecule has 7 heteroatoms. The number of nitrogens with zero attached hydrogens (tertiary/aromatic N) is 4. The molecule has 0 aliphatic rings. The van der Waals surface area contributed by atoms with Crippen LogP contribution in [0.15, 0.2) is 40.1 Å². The van der Waals surface area contributed by atoms with Gasteiger partial charge < -0.3 is 4.98 Å². The fourth-order valence-electron chi connectivity index (χ4n) is 1.69. The average molecular weight is 306 g/mol. The lowest BCUT2D eigenvalue weighted by Gasteiger charge is -2.02. The van der Waals surface area contributed by atoms with E-state index >= 15 is 0 Å². The molecule has 1 N–H and O–H groups in total. The van der Waals surface area contributed by atoms with E-state index < -0.39 is 0 Å². The monoisotopic (exact) mass is 305 g/mol. The van der Waals surface area contributed by atoms with Gasteiger partial charge >= 0.3 is 0 Å². The highest BCUT2D eigenvalue weighted by Gasteiger charge is 2.04. The van der Waals surface area contributed by atoms with Crippen molar-refractivity contribution in [3.8, 4) is 0 Å². The van der Waals surface area contributed by atoms with Gasteiger partial charge in [0.15, 0.2) is 0 Å². The van der Waals surface area contributed by atoms with Crippen LogP contribution < -0.4 is 5.56 Å². The first-order valence-electron chi connectivity index (χ1n) is 5.23. The second-order valence-corrected chi connectivity index (χ2v) is 4.68. The van der Waals surface area contributed by atoms with Gasteiger partial charge in [0.25, 0.3) is 5.56 Å². The van der Waals surface area contributed by atoms with Crippen molar-refractivity contribution in [2.75, 3.05) is 0 Å². The lowest BCUT2D eigenvalue weighted by atomic mass is 10.3. The van der Waals surface area contributed by atoms with Gasteiger partial charge in [0.2, 0.25) is 0 Å². The molecule has 0 saturated heterocycles. The normalized spacial score (nSPS) is 10.9. The molecule has 0 radical (unpaired) electrons. The Balaban J connectivity index is 2.05. The summed E-state index contributed by atoms with van der Waals surface area (Å²) in [6.45, 7) is 0.408. The molecule has 6 nitrogen and oxygen atoms in total. The van der Waals surface area contributed by atoms with Gasteiger partial charge in [0, 0.05) is 12.4 Å². The second-order valence-electron chi connectivity index (χ2n) is 3.76. The first-order chi connectivity index (χ1) is 8.72. The summed E-state index contributed by atoms with van der Waals surface area (Å²) in [5, 5.41) is 4.65. The number of halogens is 1. The molecule has 0 unspecified atom stereocenters. The Morgan fingerprint density at radius 3 is 3.06 bits per heavy atom. The highest BCUT2D eigenvalue weighted by atomic mass is 79.9. The van der Waals surface area contributed by atoms with E-state index in [1.165, 1.54) is 0 Å². The van der Waals surface area contributed by atoms with Crippen LogP contribution in [0.5, 0.6) is 0 Å². The minimum Gasteiger partial charge on any atom is -0.308 e. The van der Waals surface area contributed by atoms with Crippen LogP contribution in [0.3, 0.4) is 0 Å². The van der Waals surface area contributed by atoms with Crippen molar-refractivity contribution in [1.29, 1.82) is 0 Å². The van der Waals surface area contributed by atoms with E-state index in [1.54, 1.807) is 29.3 Å². The Bertz CT molecular complexity index is 763. The van der Waals surface area contributed by atoms with Crippen molar-refractivity contribution in [3.05, 3.63) is 51.5 Å². The Hall–Kier alpha value is -2.02. The lowest BCUT2D eigenvalue weighted by molar-refractivity contribution is 0.655. The van der Waals surface area contributed by atoms with E-state index in [0.29, 0.717) is 23.3 Å². The van der Waals surface area contributed by atoms with Crippen LogP contribution in [0, 0.1) is 0 Å². The van der Waals surface area contributed by atoms with Gasteiger partial charge in [-0.1, -0.05) is 0 Å². The number of hydrogen-bond donors (Lipinski definition) is 1. The minimum absolute atomic E-state index is 0.163. The molecule has 18 heavy (non-hydrogen) atoms. The van der Waals surface area contributed by atoms with Gasteiger partial charge in [-0.25, -0.2) is 4.98 Å². The van der Waals surface area contributed by atoms with Crippen molar-refractivity contribution in [2.45, 2.75) is 6.54 Å². The minimum atomic E-state index is -0.163. The number of H-pyrrole nitrogens is 1. The molecule has 90 valence electrons. The van der Waals surface area contributed by atoms with E-state index in [4.69, 9.17) is 0 Å². The number of hydrogen-bond acceptors (Lipinski definition) is 4. The van der Waals surface area contributed by atoms with Gasteiger partial charge in [-0.3, -0.25) is 14.5 Å². The van der Waals surface area contributed by atoms with Crippen LogP contribution in [-0.4, -0.2) is 24.7 Å². The largest absolute Gasteiger partial charge is 0.308 e.